The highest BCUT2D eigenvalue weighted by Gasteiger charge is 2.35. The number of alkyl halides is 1. The average Bonchev–Trinajstić information content (AvgIpc) is 2.89. The molecule has 18 heavy (non-hydrogen) atoms. The number of halogens is 2. The monoisotopic (exact) mass is 311 g/mol. The Morgan fingerprint density at radius 3 is 3.11 bits per heavy atom. The van der Waals surface area contributed by atoms with Crippen LogP contribution < -0.4 is 4.74 Å². The van der Waals surface area contributed by atoms with Gasteiger partial charge in [0.05, 0.1) is 13.2 Å². The van der Waals surface area contributed by atoms with E-state index in [1.165, 1.54) is 0 Å². The molecule has 1 aliphatic heterocycles. The first-order valence-electron chi connectivity index (χ1n) is 5.59. The van der Waals surface area contributed by atoms with Gasteiger partial charge in [-0.2, -0.15) is 0 Å². The Bertz CT molecular complexity index is 586. The zero-order valence-electron chi connectivity index (χ0n) is 9.68. The van der Waals surface area contributed by atoms with E-state index in [0.717, 1.165) is 11.3 Å². The Hall–Kier alpha value is -1.43. The van der Waals surface area contributed by atoms with Crippen molar-refractivity contribution in [2.24, 2.45) is 0 Å². The minimum absolute atomic E-state index is 0.121. The summed E-state index contributed by atoms with van der Waals surface area (Å²) in [5, 5.41) is 4.20. The average molecular weight is 312 g/mol. The zero-order chi connectivity index (χ0) is 12.7. The fourth-order valence-electron chi connectivity index (χ4n) is 2.28. The molecular weight excluding hydrogens is 301 g/mol. The Morgan fingerprint density at radius 2 is 2.33 bits per heavy atom. The van der Waals surface area contributed by atoms with E-state index in [2.05, 4.69) is 26.0 Å². The minimum atomic E-state index is -1.07. The molecule has 0 radical (unpaired) electrons. The number of methoxy groups -OCH3 is 1. The van der Waals surface area contributed by atoms with Gasteiger partial charge in [-0.05, 0) is 33.6 Å². The van der Waals surface area contributed by atoms with Crippen LogP contribution in [0.25, 0.3) is 0 Å². The summed E-state index contributed by atoms with van der Waals surface area (Å²) >= 11 is 3.18. The molecule has 0 aliphatic carbocycles. The second-order valence-corrected chi connectivity index (χ2v) is 4.89. The summed E-state index contributed by atoms with van der Waals surface area (Å²) in [7, 11) is 1.61. The van der Waals surface area contributed by atoms with Crippen LogP contribution in [0, 0.1) is 0 Å². The quantitative estimate of drug-likeness (QED) is 0.856. The van der Waals surface area contributed by atoms with Gasteiger partial charge in [0.15, 0.2) is 12.0 Å². The van der Waals surface area contributed by atoms with E-state index < -0.39 is 6.17 Å². The molecule has 2 atom stereocenters. The molecule has 0 saturated heterocycles. The van der Waals surface area contributed by atoms with E-state index in [0.29, 0.717) is 17.0 Å². The van der Waals surface area contributed by atoms with Crippen LogP contribution in [0.3, 0.4) is 0 Å². The van der Waals surface area contributed by atoms with Crippen molar-refractivity contribution in [2.75, 3.05) is 7.11 Å². The lowest BCUT2D eigenvalue weighted by Crippen LogP contribution is -2.07. The predicted octanol–water partition coefficient (Wildman–Crippen LogP) is 3.05. The third-order valence-corrected chi connectivity index (χ3v) is 3.45. The molecule has 6 heteroatoms. The van der Waals surface area contributed by atoms with Crippen LogP contribution in [-0.2, 0) is 0 Å². The number of nitrogens with zero attached hydrogens (tertiary/aromatic N) is 3. The van der Waals surface area contributed by atoms with E-state index >= 15 is 0 Å². The summed E-state index contributed by atoms with van der Waals surface area (Å²) in [6.45, 7) is 0. The molecule has 2 heterocycles. The van der Waals surface area contributed by atoms with E-state index in [9.17, 15) is 4.39 Å². The van der Waals surface area contributed by atoms with Crippen molar-refractivity contribution in [3.8, 4) is 5.75 Å². The molecule has 2 aromatic rings. The summed E-state index contributed by atoms with van der Waals surface area (Å²) in [6.07, 6.45) is -0.699. The summed E-state index contributed by atoms with van der Waals surface area (Å²) in [5.74, 6) is 1.14. The van der Waals surface area contributed by atoms with Gasteiger partial charge in [-0.1, -0.05) is 12.1 Å². The van der Waals surface area contributed by atoms with Gasteiger partial charge in [0.2, 0.25) is 4.73 Å². The van der Waals surface area contributed by atoms with Crippen molar-refractivity contribution in [1.29, 1.82) is 0 Å². The Kier molecular flexibility index (Phi) is 2.81. The number of aromatic nitrogens is 3. The predicted molar refractivity (Wildman–Crippen MR) is 67.3 cm³/mol. The molecule has 1 aromatic heterocycles. The molecule has 0 unspecified atom stereocenters. The van der Waals surface area contributed by atoms with E-state index in [4.69, 9.17) is 4.74 Å². The largest absolute Gasteiger partial charge is 0.497 e. The smallest absolute Gasteiger partial charge is 0.217 e. The maximum atomic E-state index is 13.9. The van der Waals surface area contributed by atoms with Gasteiger partial charge in [-0.25, -0.2) is 14.1 Å². The molecule has 0 fully saturated rings. The van der Waals surface area contributed by atoms with Gasteiger partial charge in [0, 0.05) is 6.42 Å². The lowest BCUT2D eigenvalue weighted by molar-refractivity contribution is 0.328. The van der Waals surface area contributed by atoms with E-state index in [1.54, 1.807) is 11.8 Å². The second-order valence-electron chi connectivity index (χ2n) is 4.18. The zero-order valence-corrected chi connectivity index (χ0v) is 11.3. The maximum Gasteiger partial charge on any atom is 0.217 e. The third-order valence-electron chi connectivity index (χ3n) is 3.12. The lowest BCUT2D eigenvalue weighted by atomic mass is 10.0. The number of benzene rings is 1. The van der Waals surface area contributed by atoms with E-state index in [1.807, 2.05) is 24.3 Å². The first-order chi connectivity index (χ1) is 8.69. The lowest BCUT2D eigenvalue weighted by Gasteiger charge is -2.12. The standard InChI is InChI=1S/C12H11BrFN3O/c1-18-8-4-2-3-7(5-8)10-6-9(14)11-15-12(13)16-17(10)11/h2-5,9-10H,6H2,1H3/t9-,10-/m0/s1. The first kappa shape index (κ1) is 11.6. The summed E-state index contributed by atoms with van der Waals surface area (Å²) in [6, 6.07) is 7.49. The summed E-state index contributed by atoms with van der Waals surface area (Å²) in [5.41, 5.74) is 0.980. The van der Waals surface area contributed by atoms with Crippen LogP contribution in [0.2, 0.25) is 0 Å². The van der Waals surface area contributed by atoms with Gasteiger partial charge in [0.1, 0.15) is 5.75 Å². The van der Waals surface area contributed by atoms with Crippen molar-refractivity contribution in [1.82, 2.24) is 14.8 Å². The molecule has 0 saturated carbocycles. The number of rotatable bonds is 2. The Labute approximate surface area is 112 Å². The van der Waals surface area contributed by atoms with Crippen LogP contribution in [0.15, 0.2) is 29.0 Å². The van der Waals surface area contributed by atoms with Crippen molar-refractivity contribution in [3.63, 3.8) is 0 Å². The molecule has 4 nitrogen and oxygen atoms in total. The molecule has 0 amide bonds. The Morgan fingerprint density at radius 1 is 1.50 bits per heavy atom. The number of ether oxygens (including phenoxy) is 1. The maximum absolute atomic E-state index is 13.9. The van der Waals surface area contributed by atoms with Gasteiger partial charge >= 0.3 is 0 Å². The minimum Gasteiger partial charge on any atom is -0.497 e. The molecule has 0 N–H and O–H groups in total. The summed E-state index contributed by atoms with van der Waals surface area (Å²) in [4.78, 5) is 4.05. The molecule has 0 bridgehead atoms. The molecule has 1 aromatic carbocycles. The van der Waals surface area contributed by atoms with Gasteiger partial charge < -0.3 is 4.74 Å². The Balaban J connectivity index is 2.03. The first-order valence-corrected chi connectivity index (χ1v) is 6.38. The molecular formula is C12H11BrFN3O. The van der Waals surface area contributed by atoms with E-state index in [-0.39, 0.29) is 6.04 Å². The number of fused-ring (bicyclic) bond motifs is 1. The van der Waals surface area contributed by atoms with Crippen molar-refractivity contribution in [3.05, 3.63) is 40.4 Å². The third kappa shape index (κ3) is 1.80. The highest BCUT2D eigenvalue weighted by atomic mass is 79.9. The van der Waals surface area contributed by atoms with Crippen LogP contribution in [0.4, 0.5) is 4.39 Å². The van der Waals surface area contributed by atoms with Gasteiger partial charge in [0.25, 0.3) is 0 Å². The van der Waals surface area contributed by atoms with Crippen molar-refractivity contribution < 1.29 is 9.13 Å². The number of hydrogen-bond acceptors (Lipinski definition) is 3. The van der Waals surface area contributed by atoms with Crippen LogP contribution >= 0.6 is 15.9 Å². The highest BCUT2D eigenvalue weighted by Crippen LogP contribution is 2.40. The topological polar surface area (TPSA) is 39.9 Å². The SMILES string of the molecule is COc1cccc([C@@H]2C[C@H](F)c3nc(Br)nn32)c1. The summed E-state index contributed by atoms with van der Waals surface area (Å²) < 4.78 is 21.1. The van der Waals surface area contributed by atoms with Crippen LogP contribution in [0.1, 0.15) is 30.0 Å². The van der Waals surface area contributed by atoms with Crippen LogP contribution in [-0.4, -0.2) is 21.9 Å². The van der Waals surface area contributed by atoms with Crippen LogP contribution in [0.5, 0.6) is 5.75 Å². The van der Waals surface area contributed by atoms with Gasteiger partial charge in [-0.15, -0.1) is 5.10 Å². The fraction of sp³-hybridized carbons (Fsp3) is 0.333. The number of hydrogen-bond donors (Lipinski definition) is 0. The second kappa shape index (κ2) is 4.35. The molecule has 0 spiro atoms. The normalized spacial score (nSPS) is 21.9. The van der Waals surface area contributed by atoms with Crippen molar-refractivity contribution in [2.45, 2.75) is 18.6 Å². The molecule has 3 rings (SSSR count). The van der Waals surface area contributed by atoms with Gasteiger partial charge in [-0.3, -0.25) is 0 Å². The highest BCUT2D eigenvalue weighted by molar-refractivity contribution is 9.10. The molecule has 1 aliphatic rings. The molecule has 94 valence electrons. The fourth-order valence-corrected chi connectivity index (χ4v) is 2.63. The van der Waals surface area contributed by atoms with Crippen molar-refractivity contribution >= 4 is 15.9 Å².